The molecule has 0 aliphatic heterocycles. The van der Waals surface area contributed by atoms with E-state index in [0.29, 0.717) is 12.8 Å². The van der Waals surface area contributed by atoms with Gasteiger partial charge in [0.15, 0.2) is 0 Å². The Morgan fingerprint density at radius 2 is 2.31 bits per heavy atom. The number of esters is 1. The smallest absolute Gasteiger partial charge is 0.305 e. The zero-order chi connectivity index (χ0) is 12.0. The second-order valence-electron chi connectivity index (χ2n) is 4.29. The Morgan fingerprint density at radius 3 is 2.94 bits per heavy atom. The van der Waals surface area contributed by atoms with Crippen LogP contribution < -0.4 is 0 Å². The Bertz CT molecular complexity index is 281. The highest BCUT2D eigenvalue weighted by molar-refractivity contribution is 5.86. The first-order valence-corrected chi connectivity index (χ1v) is 5.95. The molecule has 1 rings (SSSR count). The molecule has 0 unspecified atom stereocenters. The van der Waals surface area contributed by atoms with E-state index in [2.05, 4.69) is 17.7 Å². The molecule has 3 heteroatoms. The molecule has 0 N–H and O–H groups in total. The van der Waals surface area contributed by atoms with Crippen LogP contribution >= 0.6 is 0 Å². The van der Waals surface area contributed by atoms with Gasteiger partial charge in [0.2, 0.25) is 0 Å². The van der Waals surface area contributed by atoms with Crippen LogP contribution in [0.15, 0.2) is 12.2 Å². The Hall–Kier alpha value is -1.12. The van der Waals surface area contributed by atoms with Crippen molar-refractivity contribution in [1.29, 1.82) is 0 Å². The fraction of sp³-hybridized carbons (Fsp3) is 0.692. The van der Waals surface area contributed by atoms with E-state index in [0.717, 1.165) is 19.3 Å². The molecule has 0 amide bonds. The fourth-order valence-electron chi connectivity index (χ4n) is 2.14. The van der Waals surface area contributed by atoms with Crippen LogP contribution in [-0.4, -0.2) is 18.9 Å². The minimum Gasteiger partial charge on any atom is -0.469 e. The van der Waals surface area contributed by atoms with Gasteiger partial charge in [-0.2, -0.15) is 0 Å². The number of ketones is 1. The molecular formula is C13H20O3. The first-order valence-electron chi connectivity index (χ1n) is 5.95. The van der Waals surface area contributed by atoms with Crippen LogP contribution in [-0.2, 0) is 14.3 Å². The monoisotopic (exact) mass is 224 g/mol. The van der Waals surface area contributed by atoms with Crippen LogP contribution in [0.1, 0.15) is 39.0 Å². The van der Waals surface area contributed by atoms with Gasteiger partial charge in [-0.05, 0) is 18.8 Å². The second-order valence-corrected chi connectivity index (χ2v) is 4.29. The number of Topliss-reactive ketones (excluding diaryl/α,β-unsaturated/α-hetero) is 1. The van der Waals surface area contributed by atoms with Crippen molar-refractivity contribution < 1.29 is 14.3 Å². The predicted molar refractivity (Wildman–Crippen MR) is 61.9 cm³/mol. The number of allylic oxidation sites excluding steroid dienone is 2. The highest BCUT2D eigenvalue weighted by Gasteiger charge is 2.34. The Balaban J connectivity index is 2.55. The molecule has 0 bridgehead atoms. The molecule has 0 saturated heterocycles. The van der Waals surface area contributed by atoms with Crippen LogP contribution in [0.4, 0.5) is 0 Å². The maximum atomic E-state index is 11.6. The van der Waals surface area contributed by atoms with Crippen LogP contribution in [0.2, 0.25) is 0 Å². The molecule has 0 radical (unpaired) electrons. The maximum absolute atomic E-state index is 11.6. The summed E-state index contributed by atoms with van der Waals surface area (Å²) in [6.07, 6.45) is 7.89. The summed E-state index contributed by atoms with van der Waals surface area (Å²) >= 11 is 0. The van der Waals surface area contributed by atoms with E-state index in [1.54, 1.807) is 0 Å². The number of carbonyl (C=O) groups is 2. The van der Waals surface area contributed by atoms with Crippen LogP contribution in [0.25, 0.3) is 0 Å². The van der Waals surface area contributed by atoms with Crippen molar-refractivity contribution in [3.05, 3.63) is 12.2 Å². The number of hydrogen-bond acceptors (Lipinski definition) is 3. The van der Waals surface area contributed by atoms with Crippen molar-refractivity contribution in [2.45, 2.75) is 39.0 Å². The van der Waals surface area contributed by atoms with Crippen LogP contribution in [0.5, 0.6) is 0 Å². The molecule has 90 valence electrons. The van der Waals surface area contributed by atoms with Gasteiger partial charge in [0.1, 0.15) is 5.78 Å². The lowest BCUT2D eigenvalue weighted by Gasteiger charge is -2.13. The molecule has 16 heavy (non-hydrogen) atoms. The Labute approximate surface area is 96.9 Å². The molecule has 2 atom stereocenters. The van der Waals surface area contributed by atoms with Crippen LogP contribution in [0.3, 0.4) is 0 Å². The Kier molecular flexibility index (Phi) is 5.23. The summed E-state index contributed by atoms with van der Waals surface area (Å²) in [5.74, 6) is 0.133. The molecule has 0 aromatic rings. The number of ether oxygens (including phenoxy) is 1. The van der Waals surface area contributed by atoms with Crippen molar-refractivity contribution in [3.8, 4) is 0 Å². The summed E-state index contributed by atoms with van der Waals surface area (Å²) in [5, 5.41) is 0. The van der Waals surface area contributed by atoms with Crippen molar-refractivity contribution in [3.63, 3.8) is 0 Å². The first kappa shape index (κ1) is 12.9. The van der Waals surface area contributed by atoms with E-state index in [4.69, 9.17) is 0 Å². The van der Waals surface area contributed by atoms with Gasteiger partial charge in [0.05, 0.1) is 7.11 Å². The minimum absolute atomic E-state index is 0.0642. The van der Waals surface area contributed by atoms with Gasteiger partial charge in [-0.1, -0.05) is 25.5 Å². The summed E-state index contributed by atoms with van der Waals surface area (Å²) in [6.45, 7) is 2.10. The standard InChI is InChI=1S/C13H20O3/c1-3-4-5-6-11-10(7-8-12(11)14)9-13(15)16-2/h5-6,10-11H,3-4,7-9H2,1-2H3/b6-5-/t10-,11-/m1/s1. The fourth-order valence-corrected chi connectivity index (χ4v) is 2.14. The normalized spacial score (nSPS) is 25.2. The topological polar surface area (TPSA) is 43.4 Å². The van der Waals surface area contributed by atoms with Gasteiger partial charge in [0, 0.05) is 18.8 Å². The number of hydrogen-bond donors (Lipinski definition) is 0. The summed E-state index contributed by atoms with van der Waals surface area (Å²) in [4.78, 5) is 22.8. The maximum Gasteiger partial charge on any atom is 0.305 e. The third kappa shape index (κ3) is 3.47. The van der Waals surface area contributed by atoms with Gasteiger partial charge in [0.25, 0.3) is 0 Å². The molecule has 0 spiro atoms. The zero-order valence-corrected chi connectivity index (χ0v) is 10.1. The molecule has 3 nitrogen and oxygen atoms in total. The average molecular weight is 224 g/mol. The van der Waals surface area contributed by atoms with E-state index in [1.807, 2.05) is 6.08 Å². The summed E-state index contributed by atoms with van der Waals surface area (Å²) < 4.78 is 4.65. The average Bonchev–Trinajstić information content (AvgIpc) is 2.61. The third-order valence-electron chi connectivity index (χ3n) is 3.10. The lowest BCUT2D eigenvalue weighted by Crippen LogP contribution is -2.16. The Morgan fingerprint density at radius 1 is 1.56 bits per heavy atom. The first-order chi connectivity index (χ1) is 7.69. The van der Waals surface area contributed by atoms with E-state index in [-0.39, 0.29) is 23.6 Å². The van der Waals surface area contributed by atoms with Crippen molar-refractivity contribution in [2.24, 2.45) is 11.8 Å². The van der Waals surface area contributed by atoms with Gasteiger partial charge >= 0.3 is 5.97 Å². The molecule has 1 saturated carbocycles. The van der Waals surface area contributed by atoms with Gasteiger partial charge < -0.3 is 4.74 Å². The molecule has 0 aromatic carbocycles. The van der Waals surface area contributed by atoms with Gasteiger partial charge in [-0.15, -0.1) is 0 Å². The number of rotatable bonds is 5. The summed E-state index contributed by atoms with van der Waals surface area (Å²) in [7, 11) is 1.39. The van der Waals surface area contributed by atoms with E-state index in [9.17, 15) is 9.59 Å². The number of unbranched alkanes of at least 4 members (excludes halogenated alkanes) is 1. The van der Waals surface area contributed by atoms with Crippen LogP contribution in [0, 0.1) is 11.8 Å². The van der Waals surface area contributed by atoms with Crippen molar-refractivity contribution in [2.75, 3.05) is 7.11 Å². The molecule has 0 heterocycles. The largest absolute Gasteiger partial charge is 0.469 e. The third-order valence-corrected chi connectivity index (χ3v) is 3.10. The highest BCUT2D eigenvalue weighted by atomic mass is 16.5. The van der Waals surface area contributed by atoms with Crippen molar-refractivity contribution >= 4 is 11.8 Å². The number of methoxy groups -OCH3 is 1. The predicted octanol–water partition coefficient (Wildman–Crippen LogP) is 2.50. The molecular weight excluding hydrogens is 204 g/mol. The van der Waals surface area contributed by atoms with Gasteiger partial charge in [-0.3, -0.25) is 9.59 Å². The van der Waals surface area contributed by atoms with E-state index >= 15 is 0 Å². The number of carbonyl (C=O) groups excluding carboxylic acids is 2. The highest BCUT2D eigenvalue weighted by Crippen LogP contribution is 2.32. The van der Waals surface area contributed by atoms with Gasteiger partial charge in [-0.25, -0.2) is 0 Å². The van der Waals surface area contributed by atoms with Crippen molar-refractivity contribution in [1.82, 2.24) is 0 Å². The van der Waals surface area contributed by atoms with E-state index in [1.165, 1.54) is 7.11 Å². The van der Waals surface area contributed by atoms with E-state index < -0.39 is 0 Å². The molecule has 1 aliphatic rings. The minimum atomic E-state index is -0.214. The molecule has 1 fully saturated rings. The summed E-state index contributed by atoms with van der Waals surface area (Å²) in [6, 6.07) is 0. The summed E-state index contributed by atoms with van der Waals surface area (Å²) in [5.41, 5.74) is 0. The molecule has 1 aliphatic carbocycles. The SMILES string of the molecule is CCC/C=C\[C@H]1C(=O)CC[C@@H]1CC(=O)OC. The zero-order valence-electron chi connectivity index (χ0n) is 10.1. The molecule has 0 aromatic heterocycles. The lowest BCUT2D eigenvalue weighted by atomic mass is 9.92. The second kappa shape index (κ2) is 6.46. The lowest BCUT2D eigenvalue weighted by molar-refractivity contribution is -0.141. The quantitative estimate of drug-likeness (QED) is 0.532.